The number of benzene rings is 2. The van der Waals surface area contributed by atoms with Crippen LogP contribution < -0.4 is 14.9 Å². The van der Waals surface area contributed by atoms with Gasteiger partial charge in [-0.1, -0.05) is 65.4 Å². The minimum absolute atomic E-state index is 0.212. The summed E-state index contributed by atoms with van der Waals surface area (Å²) in [5.41, 5.74) is 2.33. The van der Waals surface area contributed by atoms with Gasteiger partial charge in [0.05, 0.1) is 29.0 Å². The van der Waals surface area contributed by atoms with E-state index in [4.69, 9.17) is 16.3 Å². The molecule has 0 saturated carbocycles. The van der Waals surface area contributed by atoms with Crippen molar-refractivity contribution in [3.8, 4) is 0 Å². The number of methoxy groups -OCH3 is 1. The Morgan fingerprint density at radius 1 is 1.21 bits per heavy atom. The molecule has 0 N–H and O–H groups in total. The second-order valence-corrected chi connectivity index (χ2v) is 7.98. The van der Waals surface area contributed by atoms with Crippen molar-refractivity contribution in [2.45, 2.75) is 13.0 Å². The Kier molecular flexibility index (Phi) is 5.22. The Hall–Kier alpha value is -2.96. The Balaban J connectivity index is 1.98. The lowest BCUT2D eigenvalue weighted by Crippen LogP contribution is -2.39. The molecule has 2 heterocycles. The van der Waals surface area contributed by atoms with Crippen LogP contribution in [0.2, 0.25) is 5.02 Å². The summed E-state index contributed by atoms with van der Waals surface area (Å²) >= 11 is 7.35. The average molecular weight is 425 g/mol. The summed E-state index contributed by atoms with van der Waals surface area (Å²) in [5.74, 6) is -0.496. The number of aromatic nitrogens is 1. The zero-order chi connectivity index (χ0) is 20.5. The van der Waals surface area contributed by atoms with Crippen molar-refractivity contribution < 1.29 is 9.53 Å². The number of fused-ring (bicyclic) bond motifs is 1. The summed E-state index contributed by atoms with van der Waals surface area (Å²) in [6.45, 7) is 1.76. The van der Waals surface area contributed by atoms with Crippen molar-refractivity contribution >= 4 is 35.0 Å². The third kappa shape index (κ3) is 3.57. The normalized spacial score (nSPS) is 16.4. The van der Waals surface area contributed by atoms with E-state index in [1.165, 1.54) is 18.4 Å². The first-order chi connectivity index (χ1) is 14.0. The molecule has 2 aromatic carbocycles. The molecular formula is C22H17ClN2O3S. The molecule has 0 spiro atoms. The van der Waals surface area contributed by atoms with Crippen LogP contribution in [0.4, 0.5) is 0 Å². The molecule has 1 aromatic heterocycles. The molecule has 4 rings (SSSR count). The molecule has 1 aliphatic heterocycles. The standard InChI is InChI=1S/C22H17ClN2O3S/c1-13-18(21(27)28-2)19(15-8-4-3-5-9-15)25-20(26)17(29-22(25)24-13)12-14-7-6-10-16(23)11-14/h3-12,19H,1-2H3/b17-12-/t19-/m0/s1. The van der Waals surface area contributed by atoms with Crippen molar-refractivity contribution in [3.63, 3.8) is 0 Å². The minimum atomic E-state index is -0.596. The fourth-order valence-corrected chi connectivity index (χ4v) is 4.64. The lowest BCUT2D eigenvalue weighted by Gasteiger charge is -2.24. The molecule has 0 fully saturated rings. The van der Waals surface area contributed by atoms with Gasteiger partial charge in [0.2, 0.25) is 0 Å². The summed E-state index contributed by atoms with van der Waals surface area (Å²) in [6, 6.07) is 16.1. The lowest BCUT2D eigenvalue weighted by atomic mass is 9.96. The topological polar surface area (TPSA) is 60.7 Å². The van der Waals surface area contributed by atoms with Gasteiger partial charge < -0.3 is 4.74 Å². The predicted octanol–water partition coefficient (Wildman–Crippen LogP) is 3.06. The number of hydrogen-bond acceptors (Lipinski definition) is 5. The van der Waals surface area contributed by atoms with Gasteiger partial charge in [0.25, 0.3) is 5.56 Å². The number of halogens is 1. The fraction of sp³-hybridized carbons (Fsp3) is 0.136. The summed E-state index contributed by atoms with van der Waals surface area (Å²) in [6.07, 6.45) is 1.79. The van der Waals surface area contributed by atoms with Gasteiger partial charge in [0.1, 0.15) is 0 Å². The quantitative estimate of drug-likeness (QED) is 0.607. The van der Waals surface area contributed by atoms with Crippen LogP contribution in [0.3, 0.4) is 0 Å². The smallest absolute Gasteiger partial charge is 0.338 e. The van der Waals surface area contributed by atoms with Crippen molar-refractivity contribution in [2.24, 2.45) is 4.99 Å². The maximum atomic E-state index is 13.3. The van der Waals surface area contributed by atoms with E-state index in [1.54, 1.807) is 29.7 Å². The van der Waals surface area contributed by atoms with Crippen LogP contribution in [0.25, 0.3) is 6.08 Å². The van der Waals surface area contributed by atoms with E-state index >= 15 is 0 Å². The Morgan fingerprint density at radius 2 is 1.97 bits per heavy atom. The molecular weight excluding hydrogens is 408 g/mol. The van der Waals surface area contributed by atoms with Gasteiger partial charge in [-0.2, -0.15) is 0 Å². The molecule has 0 bridgehead atoms. The second kappa shape index (κ2) is 7.81. The highest BCUT2D eigenvalue weighted by molar-refractivity contribution is 7.07. The minimum Gasteiger partial charge on any atom is -0.466 e. The molecule has 5 nitrogen and oxygen atoms in total. The molecule has 1 aliphatic rings. The zero-order valence-electron chi connectivity index (χ0n) is 15.8. The third-order valence-electron chi connectivity index (χ3n) is 4.69. The number of nitrogens with zero attached hydrogens (tertiary/aromatic N) is 2. The van der Waals surface area contributed by atoms with Crippen molar-refractivity contribution in [2.75, 3.05) is 7.11 Å². The van der Waals surface area contributed by atoms with E-state index in [0.717, 1.165) is 11.1 Å². The van der Waals surface area contributed by atoms with Crippen LogP contribution >= 0.6 is 22.9 Å². The Bertz CT molecular complexity index is 1310. The predicted molar refractivity (Wildman–Crippen MR) is 114 cm³/mol. The maximum Gasteiger partial charge on any atom is 0.338 e. The Morgan fingerprint density at radius 3 is 2.66 bits per heavy atom. The molecule has 7 heteroatoms. The number of hydrogen-bond donors (Lipinski definition) is 0. The highest BCUT2D eigenvalue weighted by Gasteiger charge is 2.32. The molecule has 1 atom stereocenters. The molecule has 0 radical (unpaired) electrons. The van der Waals surface area contributed by atoms with Crippen LogP contribution in [-0.4, -0.2) is 17.6 Å². The number of esters is 1. The largest absolute Gasteiger partial charge is 0.466 e. The number of allylic oxidation sites excluding steroid dienone is 1. The fourth-order valence-electron chi connectivity index (χ4n) is 3.39. The molecule has 146 valence electrons. The molecule has 29 heavy (non-hydrogen) atoms. The first-order valence-electron chi connectivity index (χ1n) is 8.91. The van der Waals surface area contributed by atoms with E-state index in [9.17, 15) is 9.59 Å². The van der Waals surface area contributed by atoms with Gasteiger partial charge in [-0.15, -0.1) is 0 Å². The zero-order valence-corrected chi connectivity index (χ0v) is 17.3. The van der Waals surface area contributed by atoms with E-state index in [0.29, 0.717) is 25.6 Å². The summed E-state index contributed by atoms with van der Waals surface area (Å²) in [5, 5.41) is 0.595. The van der Waals surface area contributed by atoms with Crippen LogP contribution in [0, 0.1) is 0 Å². The van der Waals surface area contributed by atoms with Crippen LogP contribution in [0.15, 0.2) is 75.7 Å². The summed E-state index contributed by atoms with van der Waals surface area (Å²) in [7, 11) is 1.33. The first-order valence-corrected chi connectivity index (χ1v) is 10.1. The highest BCUT2D eigenvalue weighted by Crippen LogP contribution is 2.30. The van der Waals surface area contributed by atoms with Crippen LogP contribution in [0.5, 0.6) is 0 Å². The van der Waals surface area contributed by atoms with E-state index in [1.807, 2.05) is 42.5 Å². The number of carbonyl (C=O) groups excluding carboxylic acids is 1. The third-order valence-corrected chi connectivity index (χ3v) is 5.91. The van der Waals surface area contributed by atoms with E-state index < -0.39 is 12.0 Å². The Labute approximate surface area is 175 Å². The first kappa shape index (κ1) is 19.4. The average Bonchev–Trinajstić information content (AvgIpc) is 3.02. The van der Waals surface area contributed by atoms with Gasteiger partial charge >= 0.3 is 5.97 Å². The summed E-state index contributed by atoms with van der Waals surface area (Å²) in [4.78, 5) is 30.9. The van der Waals surface area contributed by atoms with Gasteiger partial charge in [0, 0.05) is 5.02 Å². The van der Waals surface area contributed by atoms with Crippen LogP contribution in [-0.2, 0) is 9.53 Å². The van der Waals surface area contributed by atoms with E-state index in [2.05, 4.69) is 4.99 Å². The van der Waals surface area contributed by atoms with Gasteiger partial charge in [0.15, 0.2) is 4.80 Å². The molecule has 0 amide bonds. The SMILES string of the molecule is COC(=O)C1=C(C)N=c2s/c(=C\c3cccc(Cl)c3)c(=O)n2[C@H]1c1ccccc1. The number of thiazole rings is 1. The lowest BCUT2D eigenvalue weighted by molar-refractivity contribution is -0.136. The van der Waals surface area contributed by atoms with Crippen molar-refractivity contribution in [3.05, 3.63) is 102 Å². The van der Waals surface area contributed by atoms with Crippen LogP contribution in [0.1, 0.15) is 24.1 Å². The second-order valence-electron chi connectivity index (χ2n) is 6.54. The van der Waals surface area contributed by atoms with Crippen molar-refractivity contribution in [1.82, 2.24) is 4.57 Å². The highest BCUT2D eigenvalue weighted by atomic mass is 35.5. The van der Waals surface area contributed by atoms with Gasteiger partial charge in [-0.25, -0.2) is 9.79 Å². The van der Waals surface area contributed by atoms with Crippen molar-refractivity contribution in [1.29, 1.82) is 0 Å². The van der Waals surface area contributed by atoms with Gasteiger partial charge in [-0.05, 0) is 36.3 Å². The maximum absolute atomic E-state index is 13.3. The van der Waals surface area contributed by atoms with Gasteiger partial charge in [-0.3, -0.25) is 9.36 Å². The molecule has 3 aromatic rings. The molecule has 0 unspecified atom stereocenters. The monoisotopic (exact) mass is 424 g/mol. The summed E-state index contributed by atoms with van der Waals surface area (Å²) < 4.78 is 7.08. The number of carbonyl (C=O) groups is 1. The molecule has 0 saturated heterocycles. The molecule has 0 aliphatic carbocycles. The number of rotatable bonds is 3. The number of ether oxygens (including phenoxy) is 1. The van der Waals surface area contributed by atoms with E-state index in [-0.39, 0.29) is 5.56 Å².